The number of benzene rings is 1. The Morgan fingerprint density at radius 2 is 2.06 bits per heavy atom. The number of ketones is 1. The summed E-state index contributed by atoms with van der Waals surface area (Å²) in [6.07, 6.45) is 5.62. The second kappa shape index (κ2) is 7.27. The van der Waals surface area contributed by atoms with Gasteiger partial charge in [0.15, 0.2) is 5.78 Å². The van der Waals surface area contributed by atoms with Gasteiger partial charge < -0.3 is 18.6 Å². The summed E-state index contributed by atoms with van der Waals surface area (Å²) >= 11 is 0. The Kier molecular flexibility index (Phi) is 4.74. The van der Waals surface area contributed by atoms with Gasteiger partial charge in [-0.25, -0.2) is 14.4 Å². The van der Waals surface area contributed by atoms with Crippen molar-refractivity contribution in [2.24, 2.45) is 0 Å². The Bertz CT molecular complexity index is 1210. The molecule has 6 rings (SSSR count). The number of imidazole rings is 1. The van der Waals surface area contributed by atoms with E-state index in [0.29, 0.717) is 29.4 Å². The molecule has 8 heteroatoms. The lowest BCUT2D eigenvalue weighted by Gasteiger charge is -2.41. The molecule has 2 saturated heterocycles. The number of halogens is 1. The van der Waals surface area contributed by atoms with E-state index < -0.39 is 5.82 Å². The normalized spacial score (nSPS) is 24.1. The van der Waals surface area contributed by atoms with E-state index in [1.807, 2.05) is 24.4 Å². The maximum atomic E-state index is 13.5. The van der Waals surface area contributed by atoms with Crippen LogP contribution < -0.4 is 9.47 Å². The van der Waals surface area contributed by atoms with Crippen LogP contribution in [0.15, 0.2) is 30.6 Å². The van der Waals surface area contributed by atoms with Crippen molar-refractivity contribution in [2.45, 2.75) is 57.2 Å². The Labute approximate surface area is 185 Å². The molecule has 3 aliphatic rings. The van der Waals surface area contributed by atoms with Gasteiger partial charge in [0.1, 0.15) is 11.6 Å². The third kappa shape index (κ3) is 3.43. The first kappa shape index (κ1) is 20.9. The smallest absolute Gasteiger partial charge is 0.258 e. The lowest BCUT2D eigenvalue weighted by Crippen LogP contribution is -2.45. The first-order valence-electron chi connectivity index (χ1n) is 10.8. The Morgan fingerprint density at radius 3 is 2.72 bits per heavy atom. The molecule has 1 aliphatic carbocycles. The molecule has 2 aromatic heterocycles. The number of hydrogen-bond donors (Lipinski definition) is 0. The highest BCUT2D eigenvalue weighted by atomic mass is 19.1. The second-order valence-electron chi connectivity index (χ2n) is 9.38. The molecule has 0 radical (unpaired) electrons. The molecule has 3 aromatic rings. The fraction of sp³-hybridized carbons (Fsp3) is 0.458. The van der Waals surface area contributed by atoms with Gasteiger partial charge in [0.25, 0.3) is 5.88 Å². The number of nitrogens with zero attached hydrogens (tertiary/aromatic N) is 3. The SMILES string of the molecule is COc1cc(F)ccc1C(=O)Cc1cn2cc(C34COC(C)(C3)C4)nc2c(OC(C)C)n1. The van der Waals surface area contributed by atoms with Crippen molar-refractivity contribution in [3.8, 4) is 11.6 Å². The van der Waals surface area contributed by atoms with Crippen LogP contribution in [0.3, 0.4) is 0 Å². The molecule has 0 spiro atoms. The summed E-state index contributed by atoms with van der Waals surface area (Å²) in [5.74, 6) is -0.0889. The van der Waals surface area contributed by atoms with Gasteiger partial charge in [0.05, 0.1) is 48.8 Å². The molecule has 3 fully saturated rings. The fourth-order valence-electron chi connectivity index (χ4n) is 4.97. The average molecular weight is 439 g/mol. The number of rotatable bonds is 7. The van der Waals surface area contributed by atoms with Gasteiger partial charge in [0.2, 0.25) is 5.65 Å². The van der Waals surface area contributed by atoms with Crippen LogP contribution in [0, 0.1) is 5.82 Å². The Balaban J connectivity index is 1.50. The molecule has 168 valence electrons. The molecule has 0 N–H and O–H groups in total. The van der Waals surface area contributed by atoms with Gasteiger partial charge in [-0.3, -0.25) is 4.79 Å². The summed E-state index contributed by atoms with van der Waals surface area (Å²) in [6, 6.07) is 3.88. The molecular weight excluding hydrogens is 413 g/mol. The summed E-state index contributed by atoms with van der Waals surface area (Å²) in [4.78, 5) is 22.4. The molecular formula is C24H26FN3O4. The lowest BCUT2D eigenvalue weighted by atomic mass is 9.62. The topological polar surface area (TPSA) is 75.0 Å². The predicted molar refractivity (Wildman–Crippen MR) is 115 cm³/mol. The third-order valence-electron chi connectivity index (χ3n) is 6.27. The number of methoxy groups -OCH3 is 1. The quantitative estimate of drug-likeness (QED) is 0.520. The largest absolute Gasteiger partial charge is 0.496 e. The highest BCUT2D eigenvalue weighted by Crippen LogP contribution is 2.58. The van der Waals surface area contributed by atoms with E-state index in [4.69, 9.17) is 19.2 Å². The molecule has 7 nitrogen and oxygen atoms in total. The highest BCUT2D eigenvalue weighted by molar-refractivity contribution is 5.99. The fourth-order valence-corrected chi connectivity index (χ4v) is 4.97. The van der Waals surface area contributed by atoms with Gasteiger partial charge in [-0.1, -0.05) is 0 Å². The molecule has 0 amide bonds. The van der Waals surface area contributed by atoms with Crippen molar-refractivity contribution in [1.29, 1.82) is 0 Å². The minimum absolute atomic E-state index is 0.0201. The standard InChI is InChI=1S/C24H26FN3O4/c1-14(2)32-22-21-27-20(24-11-23(3,12-24)31-13-24)10-28(21)9-16(26-22)8-18(29)17-6-5-15(25)7-19(17)30-4/h5-7,9-10,14H,8,11-13H2,1-4H3. The van der Waals surface area contributed by atoms with E-state index in [-0.39, 0.29) is 35.1 Å². The molecule has 4 heterocycles. The monoisotopic (exact) mass is 439 g/mol. The van der Waals surface area contributed by atoms with E-state index in [0.717, 1.165) is 18.5 Å². The zero-order valence-electron chi connectivity index (χ0n) is 18.6. The van der Waals surface area contributed by atoms with E-state index in [2.05, 4.69) is 11.9 Å². The minimum atomic E-state index is -0.459. The summed E-state index contributed by atoms with van der Waals surface area (Å²) < 4.78 is 32.5. The highest BCUT2D eigenvalue weighted by Gasteiger charge is 2.61. The van der Waals surface area contributed by atoms with E-state index in [1.165, 1.54) is 25.3 Å². The van der Waals surface area contributed by atoms with Gasteiger partial charge in [-0.05, 0) is 45.7 Å². The van der Waals surface area contributed by atoms with Gasteiger partial charge >= 0.3 is 0 Å². The van der Waals surface area contributed by atoms with Crippen molar-refractivity contribution >= 4 is 11.4 Å². The number of ether oxygens (including phenoxy) is 3. The molecule has 2 aliphatic heterocycles. The zero-order chi connectivity index (χ0) is 22.7. The molecule has 0 unspecified atom stereocenters. The molecule has 2 bridgehead atoms. The zero-order valence-corrected chi connectivity index (χ0v) is 18.6. The van der Waals surface area contributed by atoms with E-state index >= 15 is 0 Å². The number of hydrogen-bond acceptors (Lipinski definition) is 6. The van der Waals surface area contributed by atoms with Crippen molar-refractivity contribution in [3.05, 3.63) is 53.4 Å². The van der Waals surface area contributed by atoms with Gasteiger partial charge in [-0.15, -0.1) is 0 Å². The third-order valence-corrected chi connectivity index (χ3v) is 6.27. The Hall–Kier alpha value is -3.00. The van der Waals surface area contributed by atoms with Gasteiger partial charge in [-0.2, -0.15) is 0 Å². The maximum absolute atomic E-state index is 13.5. The van der Waals surface area contributed by atoms with Crippen LogP contribution in [0.2, 0.25) is 0 Å². The molecule has 0 atom stereocenters. The first-order valence-corrected chi connectivity index (χ1v) is 10.8. The van der Waals surface area contributed by atoms with Crippen molar-refractivity contribution in [3.63, 3.8) is 0 Å². The lowest BCUT2D eigenvalue weighted by molar-refractivity contribution is 0.0154. The number of fused-ring (bicyclic) bond motifs is 2. The minimum Gasteiger partial charge on any atom is -0.496 e. The number of carbonyl (C=O) groups excluding carboxylic acids is 1. The molecule has 1 saturated carbocycles. The molecule has 32 heavy (non-hydrogen) atoms. The summed E-state index contributed by atoms with van der Waals surface area (Å²) in [5.41, 5.74) is 2.33. The number of aromatic nitrogens is 3. The number of carbonyl (C=O) groups is 1. The van der Waals surface area contributed by atoms with E-state index in [1.54, 1.807) is 6.20 Å². The predicted octanol–water partition coefficient (Wildman–Crippen LogP) is 3.91. The van der Waals surface area contributed by atoms with Crippen LogP contribution in [0.5, 0.6) is 11.6 Å². The van der Waals surface area contributed by atoms with E-state index in [9.17, 15) is 9.18 Å². The van der Waals surface area contributed by atoms with Crippen LogP contribution in [-0.4, -0.2) is 45.6 Å². The summed E-state index contributed by atoms with van der Waals surface area (Å²) in [5, 5.41) is 0. The van der Waals surface area contributed by atoms with Crippen LogP contribution in [0.25, 0.3) is 5.65 Å². The first-order chi connectivity index (χ1) is 15.2. The van der Waals surface area contributed by atoms with Gasteiger partial charge in [0, 0.05) is 23.9 Å². The van der Waals surface area contributed by atoms with Crippen LogP contribution in [0.4, 0.5) is 4.39 Å². The van der Waals surface area contributed by atoms with Crippen molar-refractivity contribution < 1.29 is 23.4 Å². The average Bonchev–Trinajstić information content (AvgIpc) is 3.38. The molecule has 1 aromatic carbocycles. The Morgan fingerprint density at radius 1 is 1.28 bits per heavy atom. The summed E-state index contributed by atoms with van der Waals surface area (Å²) in [7, 11) is 1.41. The second-order valence-corrected chi connectivity index (χ2v) is 9.38. The summed E-state index contributed by atoms with van der Waals surface area (Å²) in [6.45, 7) is 6.64. The van der Waals surface area contributed by atoms with Crippen molar-refractivity contribution in [2.75, 3.05) is 13.7 Å². The van der Waals surface area contributed by atoms with Crippen LogP contribution in [-0.2, 0) is 16.6 Å². The van der Waals surface area contributed by atoms with Crippen LogP contribution in [0.1, 0.15) is 55.4 Å². The van der Waals surface area contributed by atoms with Crippen LogP contribution >= 0.6 is 0 Å². The maximum Gasteiger partial charge on any atom is 0.258 e. The van der Waals surface area contributed by atoms with Crippen molar-refractivity contribution in [1.82, 2.24) is 14.4 Å². The number of Topliss-reactive ketones (excluding diaryl/α,β-unsaturated/α-hetero) is 1.